The lowest BCUT2D eigenvalue weighted by Gasteiger charge is -2.35. The molecule has 0 saturated carbocycles. The summed E-state index contributed by atoms with van der Waals surface area (Å²) in [4.78, 5) is 37.0. The van der Waals surface area contributed by atoms with Gasteiger partial charge in [-0.25, -0.2) is 9.50 Å². The number of rotatable bonds is 7. The van der Waals surface area contributed by atoms with E-state index in [1.54, 1.807) is 20.8 Å². The number of aromatic nitrogens is 3. The molecule has 3 aromatic carbocycles. The Bertz CT molecular complexity index is 1910. The molecule has 1 N–H and O–H groups in total. The second kappa shape index (κ2) is 12.1. The van der Waals surface area contributed by atoms with E-state index in [4.69, 9.17) is 10.1 Å². The highest BCUT2D eigenvalue weighted by Gasteiger charge is 2.28. The summed E-state index contributed by atoms with van der Waals surface area (Å²) in [7, 11) is 0. The molecule has 1 fully saturated rings. The lowest BCUT2D eigenvalue weighted by molar-refractivity contribution is 0.0533. The Balaban J connectivity index is 1.10. The lowest BCUT2D eigenvalue weighted by atomic mass is 10.1. The standard InChI is InChI=1S/C35H30N6O2S/c42-34(28-15-7-8-16-29(28)36-24-27-14-9-21-44-27)39-17-19-40(20-18-39)35(43)31-22-32(26-12-5-2-6-13-26)41-33(37-31)23-30(38-41)25-10-3-1-4-11-25/h1-16,21-23,36H,17-20,24H2. The van der Waals surface area contributed by atoms with Gasteiger partial charge in [-0.05, 0) is 29.6 Å². The fourth-order valence-electron chi connectivity index (χ4n) is 5.51. The third-order valence-electron chi connectivity index (χ3n) is 7.83. The van der Waals surface area contributed by atoms with Gasteiger partial charge in [-0.3, -0.25) is 9.59 Å². The number of hydrogen-bond acceptors (Lipinski definition) is 6. The van der Waals surface area contributed by atoms with Crippen molar-refractivity contribution in [3.63, 3.8) is 0 Å². The van der Waals surface area contributed by atoms with Gasteiger partial charge in [0.1, 0.15) is 5.69 Å². The first kappa shape index (κ1) is 27.5. The molecule has 7 rings (SSSR count). The molecule has 9 heteroatoms. The molecule has 1 aliphatic heterocycles. The second-order valence-corrected chi connectivity index (χ2v) is 11.7. The van der Waals surface area contributed by atoms with Crippen molar-refractivity contribution in [3.05, 3.63) is 131 Å². The van der Waals surface area contributed by atoms with Crippen LogP contribution in [0.4, 0.5) is 5.69 Å². The normalized spacial score (nSPS) is 13.3. The lowest BCUT2D eigenvalue weighted by Crippen LogP contribution is -2.50. The highest BCUT2D eigenvalue weighted by molar-refractivity contribution is 7.09. The summed E-state index contributed by atoms with van der Waals surface area (Å²) in [6.45, 7) is 2.41. The number of fused-ring (bicyclic) bond motifs is 1. The van der Waals surface area contributed by atoms with Crippen LogP contribution in [0.3, 0.4) is 0 Å². The average Bonchev–Trinajstić information content (AvgIpc) is 3.78. The van der Waals surface area contributed by atoms with Crippen LogP contribution >= 0.6 is 11.3 Å². The minimum Gasteiger partial charge on any atom is -0.380 e. The van der Waals surface area contributed by atoms with Crippen LogP contribution in [0.5, 0.6) is 0 Å². The molecule has 8 nitrogen and oxygen atoms in total. The number of anilines is 1. The van der Waals surface area contributed by atoms with E-state index in [1.807, 2.05) is 113 Å². The number of carbonyl (C=O) groups is 2. The minimum absolute atomic E-state index is 0.0370. The molecule has 1 aliphatic rings. The van der Waals surface area contributed by atoms with Gasteiger partial charge in [-0.1, -0.05) is 78.9 Å². The van der Waals surface area contributed by atoms with Crippen LogP contribution in [0.1, 0.15) is 25.7 Å². The molecule has 0 bridgehead atoms. The fraction of sp³-hybridized carbons (Fsp3) is 0.143. The number of nitrogens with zero attached hydrogens (tertiary/aromatic N) is 5. The van der Waals surface area contributed by atoms with E-state index < -0.39 is 0 Å². The van der Waals surface area contributed by atoms with Crippen LogP contribution in [-0.4, -0.2) is 62.4 Å². The summed E-state index contributed by atoms with van der Waals surface area (Å²) in [5.41, 5.74) is 5.92. The van der Waals surface area contributed by atoms with Gasteiger partial charge in [0, 0.05) is 60.5 Å². The molecule has 0 radical (unpaired) electrons. The van der Waals surface area contributed by atoms with Gasteiger partial charge in [0.2, 0.25) is 0 Å². The summed E-state index contributed by atoms with van der Waals surface area (Å²) in [5, 5.41) is 10.3. The maximum atomic E-state index is 13.8. The van der Waals surface area contributed by atoms with Gasteiger partial charge in [0.15, 0.2) is 5.65 Å². The Kier molecular flexibility index (Phi) is 7.60. The molecule has 4 heterocycles. The summed E-state index contributed by atoms with van der Waals surface area (Å²) in [6.07, 6.45) is 0. The van der Waals surface area contributed by atoms with Crippen molar-refractivity contribution in [2.45, 2.75) is 6.54 Å². The zero-order valence-corrected chi connectivity index (χ0v) is 24.8. The number of amides is 2. The van der Waals surface area contributed by atoms with Crippen LogP contribution in [0.15, 0.2) is 115 Å². The Morgan fingerprint density at radius 1 is 0.727 bits per heavy atom. The minimum atomic E-state index is -0.155. The van der Waals surface area contributed by atoms with E-state index >= 15 is 0 Å². The predicted molar refractivity (Wildman–Crippen MR) is 174 cm³/mol. The zero-order valence-electron chi connectivity index (χ0n) is 24.0. The number of benzene rings is 3. The van der Waals surface area contributed by atoms with Crippen LogP contribution in [-0.2, 0) is 6.54 Å². The van der Waals surface area contributed by atoms with E-state index in [0.29, 0.717) is 49.6 Å². The highest BCUT2D eigenvalue weighted by atomic mass is 32.1. The smallest absolute Gasteiger partial charge is 0.272 e. The van der Waals surface area contributed by atoms with Crippen LogP contribution < -0.4 is 5.32 Å². The molecule has 0 atom stereocenters. The first-order chi connectivity index (χ1) is 21.6. The van der Waals surface area contributed by atoms with Crippen LogP contribution in [0, 0.1) is 0 Å². The van der Waals surface area contributed by atoms with E-state index in [0.717, 1.165) is 28.2 Å². The Morgan fingerprint density at radius 3 is 2.09 bits per heavy atom. The van der Waals surface area contributed by atoms with Gasteiger partial charge < -0.3 is 15.1 Å². The molecule has 0 spiro atoms. The third kappa shape index (κ3) is 5.57. The average molecular weight is 599 g/mol. The van der Waals surface area contributed by atoms with Gasteiger partial charge in [0.05, 0.1) is 17.0 Å². The predicted octanol–water partition coefficient (Wildman–Crippen LogP) is 6.34. The van der Waals surface area contributed by atoms with Gasteiger partial charge in [0.25, 0.3) is 11.8 Å². The maximum Gasteiger partial charge on any atom is 0.272 e. The molecule has 3 aromatic heterocycles. The van der Waals surface area contributed by atoms with Crippen molar-refractivity contribution in [1.29, 1.82) is 0 Å². The van der Waals surface area contributed by atoms with Crippen molar-refractivity contribution in [1.82, 2.24) is 24.4 Å². The first-order valence-corrected chi connectivity index (χ1v) is 15.5. The second-order valence-electron chi connectivity index (χ2n) is 10.6. The Labute approximate surface area is 259 Å². The quantitative estimate of drug-likeness (QED) is 0.232. The Hall–Kier alpha value is -5.28. The van der Waals surface area contributed by atoms with E-state index in [1.165, 1.54) is 4.88 Å². The van der Waals surface area contributed by atoms with Gasteiger partial charge in [-0.2, -0.15) is 5.10 Å². The van der Waals surface area contributed by atoms with Crippen molar-refractivity contribution >= 4 is 34.5 Å². The summed E-state index contributed by atoms with van der Waals surface area (Å²) >= 11 is 1.68. The van der Waals surface area contributed by atoms with Gasteiger partial charge >= 0.3 is 0 Å². The van der Waals surface area contributed by atoms with Crippen LogP contribution in [0.25, 0.3) is 28.2 Å². The number of carbonyl (C=O) groups excluding carboxylic acids is 2. The maximum absolute atomic E-state index is 13.8. The first-order valence-electron chi connectivity index (χ1n) is 14.6. The van der Waals surface area contributed by atoms with Crippen molar-refractivity contribution in [2.75, 3.05) is 31.5 Å². The van der Waals surface area contributed by atoms with Gasteiger partial charge in [-0.15, -0.1) is 11.3 Å². The molecular weight excluding hydrogens is 568 g/mol. The van der Waals surface area contributed by atoms with E-state index in [2.05, 4.69) is 11.4 Å². The summed E-state index contributed by atoms with van der Waals surface area (Å²) < 4.78 is 1.80. The SMILES string of the molecule is O=C(c1cc(-c2ccccc2)n2nc(-c3ccccc3)cc2n1)N1CCN(C(=O)c2ccccc2NCc2cccs2)CC1. The summed E-state index contributed by atoms with van der Waals surface area (Å²) in [5.74, 6) is -0.192. The fourth-order valence-corrected chi connectivity index (χ4v) is 6.16. The molecular formula is C35H30N6O2S. The van der Waals surface area contributed by atoms with E-state index in [9.17, 15) is 9.59 Å². The van der Waals surface area contributed by atoms with Crippen LogP contribution in [0.2, 0.25) is 0 Å². The van der Waals surface area contributed by atoms with Crippen molar-refractivity contribution in [3.8, 4) is 22.5 Å². The van der Waals surface area contributed by atoms with Crippen molar-refractivity contribution < 1.29 is 9.59 Å². The molecule has 0 unspecified atom stereocenters. The summed E-state index contributed by atoms with van der Waals surface area (Å²) in [6, 6.07) is 35.3. The van der Waals surface area contributed by atoms with Crippen molar-refractivity contribution in [2.24, 2.45) is 0 Å². The molecule has 6 aromatic rings. The number of thiophene rings is 1. The van der Waals surface area contributed by atoms with E-state index in [-0.39, 0.29) is 11.8 Å². The molecule has 1 saturated heterocycles. The highest BCUT2D eigenvalue weighted by Crippen LogP contribution is 2.26. The molecule has 44 heavy (non-hydrogen) atoms. The Morgan fingerprint density at radius 2 is 1.39 bits per heavy atom. The number of hydrogen-bond donors (Lipinski definition) is 1. The molecule has 0 aliphatic carbocycles. The monoisotopic (exact) mass is 598 g/mol. The number of para-hydroxylation sites is 1. The third-order valence-corrected chi connectivity index (χ3v) is 8.71. The molecule has 218 valence electrons. The largest absolute Gasteiger partial charge is 0.380 e. The number of piperazine rings is 1. The topological polar surface area (TPSA) is 82.8 Å². The molecule has 2 amide bonds. The number of nitrogens with one attached hydrogen (secondary N) is 1. The zero-order chi connectivity index (χ0) is 29.9.